The molecule has 25 heavy (non-hydrogen) atoms. The van der Waals surface area contributed by atoms with Crippen LogP contribution in [0.3, 0.4) is 0 Å². The lowest BCUT2D eigenvalue weighted by atomic mass is 9.98. The molecule has 2 aromatic carbocycles. The van der Waals surface area contributed by atoms with Crippen LogP contribution in [0, 0.1) is 22.7 Å². The number of halogens is 2. The molecule has 2 aliphatic rings. The number of piperidine rings is 1. The van der Waals surface area contributed by atoms with Gasteiger partial charge in [-0.05, 0) is 35.9 Å². The summed E-state index contributed by atoms with van der Waals surface area (Å²) < 4.78 is 0. The van der Waals surface area contributed by atoms with Gasteiger partial charge in [-0.1, -0.05) is 42.3 Å². The summed E-state index contributed by atoms with van der Waals surface area (Å²) in [5.74, 6) is -0.496. The van der Waals surface area contributed by atoms with Crippen molar-refractivity contribution in [2.75, 3.05) is 4.90 Å². The topological polar surface area (TPSA) is 64.3 Å². The zero-order valence-corrected chi connectivity index (χ0v) is 14.8. The Hall–Kier alpha value is -2.06. The van der Waals surface area contributed by atoms with E-state index < -0.39 is 11.6 Å². The monoisotopic (exact) mass is 372 g/mol. The second-order valence-corrected chi connectivity index (χ2v) is 7.64. The molecule has 1 amide bonds. The highest BCUT2D eigenvalue weighted by atomic mass is 35.5. The number of aliphatic hydroxyl groups is 1. The van der Waals surface area contributed by atoms with Gasteiger partial charge in [0.15, 0.2) is 0 Å². The maximum atomic E-state index is 12.9. The van der Waals surface area contributed by atoms with Crippen molar-refractivity contribution in [1.29, 1.82) is 5.26 Å². The maximum Gasteiger partial charge on any atom is 0.233 e. The van der Waals surface area contributed by atoms with Gasteiger partial charge in [0.1, 0.15) is 6.23 Å². The number of aliphatic hydroxyl groups excluding tert-OH is 1. The second-order valence-electron chi connectivity index (χ2n) is 6.76. The normalized spacial score (nSPS) is 30.1. The molecule has 1 aliphatic carbocycles. The number of amides is 1. The number of rotatable bonds is 2. The molecule has 0 spiro atoms. The van der Waals surface area contributed by atoms with Gasteiger partial charge in [-0.2, -0.15) is 5.26 Å². The van der Waals surface area contributed by atoms with E-state index in [1.807, 2.05) is 19.1 Å². The Kier molecular flexibility index (Phi) is 3.59. The van der Waals surface area contributed by atoms with Crippen LogP contribution in [-0.2, 0) is 4.79 Å². The van der Waals surface area contributed by atoms with E-state index in [-0.39, 0.29) is 17.7 Å². The first kappa shape index (κ1) is 16.4. The van der Waals surface area contributed by atoms with Gasteiger partial charge in [-0.3, -0.25) is 9.69 Å². The van der Waals surface area contributed by atoms with Crippen LogP contribution in [0.5, 0.6) is 0 Å². The first-order valence-corrected chi connectivity index (χ1v) is 8.61. The number of hydrogen-bond acceptors (Lipinski definition) is 3. The molecule has 4 nitrogen and oxygen atoms in total. The van der Waals surface area contributed by atoms with Gasteiger partial charge in [-0.15, -0.1) is 0 Å². The summed E-state index contributed by atoms with van der Waals surface area (Å²) in [6, 6.07) is 14.1. The van der Waals surface area contributed by atoms with Crippen molar-refractivity contribution in [3.8, 4) is 6.07 Å². The minimum absolute atomic E-state index is 0.0614. The van der Waals surface area contributed by atoms with Crippen LogP contribution in [0.25, 0.3) is 0 Å². The summed E-state index contributed by atoms with van der Waals surface area (Å²) in [4.78, 5) is 14.3. The maximum absolute atomic E-state index is 12.9. The van der Waals surface area contributed by atoms with Crippen LogP contribution in [-0.4, -0.2) is 17.2 Å². The van der Waals surface area contributed by atoms with Crippen LogP contribution >= 0.6 is 23.2 Å². The quantitative estimate of drug-likeness (QED) is 0.867. The zero-order valence-electron chi connectivity index (χ0n) is 13.3. The molecule has 2 aromatic rings. The van der Waals surface area contributed by atoms with Crippen molar-refractivity contribution in [2.24, 2.45) is 11.3 Å². The Morgan fingerprint density at radius 1 is 1.12 bits per heavy atom. The van der Waals surface area contributed by atoms with Gasteiger partial charge in [0.2, 0.25) is 5.91 Å². The highest BCUT2D eigenvalue weighted by Crippen LogP contribution is 2.71. The first-order valence-electron chi connectivity index (χ1n) is 7.85. The molecule has 6 heteroatoms. The standard InChI is InChI=1S/C19H14Cl2N2O2/c1-19-15(11-4-2-10(9-22)3-5-11)16(19)17(24)23(18(19)25)14-7-12(20)6-13(21)8-14/h2-8,15-16,18,25H,1H3. The number of benzene rings is 2. The van der Waals surface area contributed by atoms with Gasteiger partial charge >= 0.3 is 0 Å². The third-order valence-electron chi connectivity index (χ3n) is 5.39. The van der Waals surface area contributed by atoms with Gasteiger partial charge in [0.25, 0.3) is 0 Å². The molecule has 0 bridgehead atoms. The van der Waals surface area contributed by atoms with Crippen LogP contribution in [0.2, 0.25) is 10.0 Å². The average Bonchev–Trinajstić information content (AvgIpc) is 3.15. The lowest BCUT2D eigenvalue weighted by Gasteiger charge is -2.29. The van der Waals surface area contributed by atoms with Crippen molar-refractivity contribution in [2.45, 2.75) is 19.1 Å². The Labute approximate surface area is 155 Å². The number of hydrogen-bond donors (Lipinski definition) is 1. The molecule has 1 aliphatic heterocycles. The van der Waals surface area contributed by atoms with Crippen LogP contribution in [0.1, 0.15) is 24.0 Å². The summed E-state index contributed by atoms with van der Waals surface area (Å²) in [5, 5.41) is 20.6. The van der Waals surface area contributed by atoms with Gasteiger partial charge in [0, 0.05) is 27.1 Å². The van der Waals surface area contributed by atoms with Crippen molar-refractivity contribution in [3.05, 3.63) is 63.6 Å². The smallest absolute Gasteiger partial charge is 0.233 e. The number of nitrogens with zero attached hydrogens (tertiary/aromatic N) is 2. The van der Waals surface area contributed by atoms with E-state index in [4.69, 9.17) is 28.5 Å². The third-order valence-corrected chi connectivity index (χ3v) is 5.83. The van der Waals surface area contributed by atoms with Gasteiger partial charge in [-0.25, -0.2) is 0 Å². The molecule has 0 radical (unpaired) electrons. The van der Waals surface area contributed by atoms with E-state index in [1.165, 1.54) is 4.90 Å². The van der Waals surface area contributed by atoms with Gasteiger partial charge in [0.05, 0.1) is 17.6 Å². The van der Waals surface area contributed by atoms with E-state index >= 15 is 0 Å². The molecule has 1 N–H and O–H groups in total. The van der Waals surface area contributed by atoms with Crippen molar-refractivity contribution in [3.63, 3.8) is 0 Å². The number of anilines is 1. The Bertz CT molecular complexity index is 902. The summed E-state index contributed by atoms with van der Waals surface area (Å²) in [5.41, 5.74) is 1.46. The molecular weight excluding hydrogens is 359 g/mol. The molecule has 2 fully saturated rings. The second kappa shape index (κ2) is 5.47. The molecule has 1 saturated carbocycles. The van der Waals surface area contributed by atoms with E-state index in [0.717, 1.165) is 5.56 Å². The van der Waals surface area contributed by atoms with Crippen LogP contribution in [0.15, 0.2) is 42.5 Å². The predicted octanol–water partition coefficient (Wildman–Crippen LogP) is 3.95. The number of fused-ring (bicyclic) bond motifs is 1. The number of carbonyl (C=O) groups is 1. The fourth-order valence-corrected chi connectivity index (χ4v) is 4.59. The van der Waals surface area contributed by atoms with Crippen LogP contribution < -0.4 is 4.90 Å². The fraction of sp³-hybridized carbons (Fsp3) is 0.263. The van der Waals surface area contributed by atoms with Gasteiger partial charge < -0.3 is 5.11 Å². The molecule has 0 aromatic heterocycles. The van der Waals surface area contributed by atoms with E-state index in [0.29, 0.717) is 21.3 Å². The largest absolute Gasteiger partial charge is 0.373 e. The SMILES string of the molecule is CC12C(C(=O)N(c3cc(Cl)cc(Cl)c3)C1O)C2c1ccc(C#N)cc1. The molecule has 4 atom stereocenters. The van der Waals surface area contributed by atoms with E-state index in [2.05, 4.69) is 6.07 Å². The predicted molar refractivity (Wildman–Crippen MR) is 95.4 cm³/mol. The average molecular weight is 373 g/mol. The Balaban J connectivity index is 1.67. The fourth-order valence-electron chi connectivity index (χ4n) is 4.07. The summed E-state index contributed by atoms with van der Waals surface area (Å²) >= 11 is 12.1. The lowest BCUT2D eigenvalue weighted by Crippen LogP contribution is -2.40. The Morgan fingerprint density at radius 2 is 1.72 bits per heavy atom. The zero-order chi connectivity index (χ0) is 17.9. The van der Waals surface area contributed by atoms with Crippen molar-refractivity contribution in [1.82, 2.24) is 0 Å². The Morgan fingerprint density at radius 3 is 2.20 bits per heavy atom. The minimum atomic E-state index is -0.958. The highest BCUT2D eigenvalue weighted by molar-refractivity contribution is 6.35. The molecule has 1 heterocycles. The molecular formula is C19H14Cl2N2O2. The first-order chi connectivity index (χ1) is 11.9. The number of nitriles is 1. The van der Waals surface area contributed by atoms with E-state index in [1.54, 1.807) is 30.3 Å². The molecule has 1 saturated heterocycles. The molecule has 4 unspecified atom stereocenters. The van der Waals surface area contributed by atoms with Crippen LogP contribution in [0.4, 0.5) is 5.69 Å². The summed E-state index contributed by atoms with van der Waals surface area (Å²) in [6.45, 7) is 1.91. The third kappa shape index (κ3) is 2.27. The molecule has 4 rings (SSSR count). The highest BCUT2D eigenvalue weighted by Gasteiger charge is 2.76. The minimum Gasteiger partial charge on any atom is -0.373 e. The van der Waals surface area contributed by atoms with Crippen molar-refractivity contribution < 1.29 is 9.90 Å². The number of carbonyl (C=O) groups excluding carboxylic acids is 1. The summed E-state index contributed by atoms with van der Waals surface area (Å²) in [7, 11) is 0. The van der Waals surface area contributed by atoms with Crippen molar-refractivity contribution >= 4 is 34.8 Å². The summed E-state index contributed by atoms with van der Waals surface area (Å²) in [6.07, 6.45) is -0.958. The molecule has 126 valence electrons. The lowest BCUT2D eigenvalue weighted by molar-refractivity contribution is -0.119. The van der Waals surface area contributed by atoms with E-state index in [9.17, 15) is 9.90 Å².